The molecule has 4 rings (SSSR count). The Kier molecular flexibility index (Phi) is 4.71. The number of amides is 1. The summed E-state index contributed by atoms with van der Waals surface area (Å²) in [5.74, 6) is 0.0908. The van der Waals surface area contributed by atoms with Gasteiger partial charge in [-0.3, -0.25) is 14.2 Å². The van der Waals surface area contributed by atoms with Gasteiger partial charge in [0.25, 0.3) is 5.56 Å². The van der Waals surface area contributed by atoms with Gasteiger partial charge in [-0.25, -0.2) is 14.1 Å². The van der Waals surface area contributed by atoms with Crippen LogP contribution in [-0.4, -0.2) is 25.2 Å². The first kappa shape index (κ1) is 17.7. The number of furan rings is 1. The van der Waals surface area contributed by atoms with E-state index in [1.54, 1.807) is 24.3 Å². The number of carbonyl (C=O) groups excluding carboxylic acids is 1. The Hall–Kier alpha value is -3.75. The van der Waals surface area contributed by atoms with E-state index in [2.05, 4.69) is 15.4 Å². The second kappa shape index (κ2) is 7.47. The summed E-state index contributed by atoms with van der Waals surface area (Å²) in [5, 5.41) is 7.23. The van der Waals surface area contributed by atoms with Crippen LogP contribution in [0.5, 0.6) is 0 Å². The summed E-state index contributed by atoms with van der Waals surface area (Å²) in [6.07, 6.45) is 4.46. The number of nitrogens with zero attached hydrogens (tertiary/aromatic N) is 4. The number of nitrogens with one attached hydrogen (secondary N) is 1. The van der Waals surface area contributed by atoms with Crippen molar-refractivity contribution in [2.45, 2.75) is 19.5 Å². The molecular weight excluding hydrogens is 365 g/mol. The Balaban J connectivity index is 1.48. The fraction of sp³-hybridized carbons (Fsp3) is 0.158. The Morgan fingerprint density at radius 2 is 2.04 bits per heavy atom. The number of hydrogen-bond acceptors (Lipinski definition) is 5. The SMILES string of the molecule is O=C(CCn1cnc2c(cnn2-c2ccc(F)cc2)c1=O)NCc1ccco1. The molecule has 0 bridgehead atoms. The van der Waals surface area contributed by atoms with E-state index < -0.39 is 0 Å². The summed E-state index contributed by atoms with van der Waals surface area (Å²) in [6.45, 7) is 0.482. The minimum absolute atomic E-state index is 0.125. The molecule has 3 heterocycles. The second-order valence-electron chi connectivity index (χ2n) is 6.12. The summed E-state index contributed by atoms with van der Waals surface area (Å²) in [5.41, 5.74) is 0.672. The summed E-state index contributed by atoms with van der Waals surface area (Å²) >= 11 is 0. The Morgan fingerprint density at radius 1 is 1.21 bits per heavy atom. The van der Waals surface area contributed by atoms with Gasteiger partial charge >= 0.3 is 0 Å². The molecule has 1 N–H and O–H groups in total. The monoisotopic (exact) mass is 381 g/mol. The molecule has 0 unspecified atom stereocenters. The Morgan fingerprint density at radius 3 is 2.79 bits per heavy atom. The lowest BCUT2D eigenvalue weighted by Gasteiger charge is -2.07. The number of benzene rings is 1. The van der Waals surface area contributed by atoms with Gasteiger partial charge in [0.2, 0.25) is 5.91 Å². The molecule has 0 spiro atoms. The minimum atomic E-state index is -0.360. The minimum Gasteiger partial charge on any atom is -0.467 e. The first-order valence-corrected chi connectivity index (χ1v) is 8.60. The van der Waals surface area contributed by atoms with Gasteiger partial charge in [-0.15, -0.1) is 0 Å². The average Bonchev–Trinajstić information content (AvgIpc) is 3.36. The maximum atomic E-state index is 13.1. The van der Waals surface area contributed by atoms with Crippen LogP contribution in [0.2, 0.25) is 0 Å². The molecule has 28 heavy (non-hydrogen) atoms. The molecule has 3 aromatic heterocycles. The van der Waals surface area contributed by atoms with Gasteiger partial charge in [-0.2, -0.15) is 5.10 Å². The van der Waals surface area contributed by atoms with E-state index in [1.165, 1.54) is 40.2 Å². The lowest BCUT2D eigenvalue weighted by molar-refractivity contribution is -0.121. The third-order valence-electron chi connectivity index (χ3n) is 4.25. The molecule has 0 saturated heterocycles. The summed E-state index contributed by atoms with van der Waals surface area (Å²) in [7, 11) is 0. The summed E-state index contributed by atoms with van der Waals surface area (Å²) in [4.78, 5) is 28.9. The molecule has 9 heteroatoms. The Labute approximate surface area is 158 Å². The van der Waals surface area contributed by atoms with E-state index in [9.17, 15) is 14.0 Å². The zero-order valence-electron chi connectivity index (χ0n) is 14.7. The third-order valence-corrected chi connectivity index (χ3v) is 4.25. The highest BCUT2D eigenvalue weighted by atomic mass is 19.1. The predicted molar refractivity (Wildman–Crippen MR) is 98.3 cm³/mol. The molecule has 0 aliphatic carbocycles. The van der Waals surface area contributed by atoms with Gasteiger partial charge < -0.3 is 9.73 Å². The number of aryl methyl sites for hydroxylation is 1. The van der Waals surface area contributed by atoms with E-state index >= 15 is 0 Å². The van der Waals surface area contributed by atoms with Crippen molar-refractivity contribution in [3.8, 4) is 5.69 Å². The maximum absolute atomic E-state index is 13.1. The molecule has 4 aromatic rings. The number of fused-ring (bicyclic) bond motifs is 1. The highest BCUT2D eigenvalue weighted by Gasteiger charge is 2.12. The molecule has 0 aliphatic heterocycles. The van der Waals surface area contributed by atoms with Crippen LogP contribution in [0.1, 0.15) is 12.2 Å². The smallest absolute Gasteiger partial charge is 0.264 e. The number of aromatic nitrogens is 4. The molecular formula is C19H16FN5O3. The molecule has 1 aromatic carbocycles. The van der Waals surface area contributed by atoms with E-state index in [4.69, 9.17) is 4.42 Å². The van der Waals surface area contributed by atoms with Crippen molar-refractivity contribution in [1.29, 1.82) is 0 Å². The van der Waals surface area contributed by atoms with E-state index in [1.807, 2.05) is 0 Å². The largest absolute Gasteiger partial charge is 0.467 e. The van der Waals surface area contributed by atoms with Crippen molar-refractivity contribution >= 4 is 16.9 Å². The van der Waals surface area contributed by atoms with E-state index in [0.29, 0.717) is 29.0 Å². The first-order chi connectivity index (χ1) is 13.6. The fourth-order valence-corrected chi connectivity index (χ4v) is 2.79. The van der Waals surface area contributed by atoms with Crippen LogP contribution in [0.15, 0.2) is 64.4 Å². The van der Waals surface area contributed by atoms with Crippen LogP contribution in [-0.2, 0) is 17.9 Å². The summed E-state index contributed by atoms with van der Waals surface area (Å²) < 4.78 is 21.1. The van der Waals surface area contributed by atoms with Crippen molar-refractivity contribution < 1.29 is 13.6 Å². The molecule has 0 fully saturated rings. The van der Waals surface area contributed by atoms with Crippen LogP contribution in [0.4, 0.5) is 4.39 Å². The van der Waals surface area contributed by atoms with Gasteiger partial charge in [-0.05, 0) is 36.4 Å². The molecule has 0 radical (unpaired) electrons. The second-order valence-corrected chi connectivity index (χ2v) is 6.12. The zero-order chi connectivity index (χ0) is 19.5. The molecule has 8 nitrogen and oxygen atoms in total. The average molecular weight is 381 g/mol. The van der Waals surface area contributed by atoms with E-state index in [0.717, 1.165) is 0 Å². The van der Waals surface area contributed by atoms with Gasteiger partial charge in [0.15, 0.2) is 5.65 Å². The van der Waals surface area contributed by atoms with E-state index in [-0.39, 0.29) is 30.2 Å². The number of rotatable bonds is 6. The third kappa shape index (κ3) is 3.54. The van der Waals surface area contributed by atoms with Gasteiger partial charge in [0.05, 0.1) is 31.0 Å². The molecule has 0 saturated carbocycles. The standard InChI is InChI=1S/C19H16FN5O3/c20-13-3-5-14(6-4-13)25-18-16(11-23-25)19(27)24(12-22-18)8-7-17(26)21-10-15-2-1-9-28-15/h1-6,9,11-12H,7-8,10H2,(H,21,26). The van der Waals surface area contributed by atoms with Crippen LogP contribution in [0, 0.1) is 5.82 Å². The zero-order valence-corrected chi connectivity index (χ0v) is 14.7. The highest BCUT2D eigenvalue weighted by molar-refractivity contribution is 5.76. The number of hydrogen-bond donors (Lipinski definition) is 1. The lowest BCUT2D eigenvalue weighted by Crippen LogP contribution is -2.27. The van der Waals surface area contributed by atoms with Crippen molar-refractivity contribution in [3.05, 3.63) is 77.1 Å². The van der Waals surface area contributed by atoms with Gasteiger partial charge in [-0.1, -0.05) is 0 Å². The highest BCUT2D eigenvalue weighted by Crippen LogP contribution is 2.14. The van der Waals surface area contributed by atoms with Crippen molar-refractivity contribution in [3.63, 3.8) is 0 Å². The number of halogens is 1. The molecule has 0 atom stereocenters. The van der Waals surface area contributed by atoms with Crippen LogP contribution in [0.3, 0.4) is 0 Å². The Bertz CT molecular complexity index is 1160. The number of carbonyl (C=O) groups is 1. The van der Waals surface area contributed by atoms with Crippen LogP contribution < -0.4 is 10.9 Å². The lowest BCUT2D eigenvalue weighted by atomic mass is 10.3. The van der Waals surface area contributed by atoms with Gasteiger partial charge in [0.1, 0.15) is 17.0 Å². The van der Waals surface area contributed by atoms with Crippen molar-refractivity contribution in [2.75, 3.05) is 0 Å². The molecule has 0 aliphatic rings. The van der Waals surface area contributed by atoms with Crippen molar-refractivity contribution in [2.24, 2.45) is 0 Å². The fourth-order valence-electron chi connectivity index (χ4n) is 2.79. The quantitative estimate of drug-likeness (QED) is 0.551. The molecule has 1 amide bonds. The normalized spacial score (nSPS) is 11.0. The molecule has 142 valence electrons. The predicted octanol–water partition coefficient (Wildman–Crippen LogP) is 2.02. The topological polar surface area (TPSA) is 95.0 Å². The summed E-state index contributed by atoms with van der Waals surface area (Å²) in [6, 6.07) is 9.24. The maximum Gasteiger partial charge on any atom is 0.264 e. The van der Waals surface area contributed by atoms with Crippen molar-refractivity contribution in [1.82, 2.24) is 24.6 Å². The van der Waals surface area contributed by atoms with Crippen LogP contribution >= 0.6 is 0 Å². The van der Waals surface area contributed by atoms with Gasteiger partial charge in [0, 0.05) is 13.0 Å². The first-order valence-electron chi connectivity index (χ1n) is 8.60. The van der Waals surface area contributed by atoms with Crippen LogP contribution in [0.25, 0.3) is 16.7 Å².